The number of hydrogen-bond donors (Lipinski definition) is 1. The van der Waals surface area contributed by atoms with Crippen LogP contribution in [0.2, 0.25) is 0 Å². The van der Waals surface area contributed by atoms with Crippen LogP contribution in [0.25, 0.3) is 16.7 Å². The third kappa shape index (κ3) is 1.89. The van der Waals surface area contributed by atoms with Gasteiger partial charge in [-0.15, -0.1) is 0 Å². The largest absolute Gasteiger partial charge is 0.382 e. The van der Waals surface area contributed by atoms with Crippen molar-refractivity contribution in [3.05, 3.63) is 24.3 Å². The molecule has 0 fully saturated rings. The number of pyridine rings is 1. The van der Waals surface area contributed by atoms with Crippen molar-refractivity contribution in [2.45, 2.75) is 20.8 Å². The van der Waals surface area contributed by atoms with Gasteiger partial charge >= 0.3 is 0 Å². The van der Waals surface area contributed by atoms with Crippen LogP contribution in [0.15, 0.2) is 18.5 Å². The van der Waals surface area contributed by atoms with Gasteiger partial charge in [-0.25, -0.2) is 14.5 Å². The molecule has 3 aromatic heterocycles. The number of hydrogen-bond acceptors (Lipinski definition) is 5. The van der Waals surface area contributed by atoms with Crippen molar-refractivity contribution in [3.8, 4) is 0 Å². The maximum atomic E-state index is 5.59. The predicted octanol–water partition coefficient (Wildman–Crippen LogP) is 1.59. The van der Waals surface area contributed by atoms with Crippen molar-refractivity contribution in [3.63, 3.8) is 0 Å². The zero-order valence-corrected chi connectivity index (χ0v) is 10.0. The molecule has 3 heterocycles. The number of nitrogens with two attached hydrogens (primary N) is 1. The monoisotopic (exact) mass is 230 g/mol. The topological polar surface area (TPSA) is 82.0 Å². The Morgan fingerprint density at radius 1 is 1.24 bits per heavy atom. The van der Waals surface area contributed by atoms with Gasteiger partial charge in [0.1, 0.15) is 17.2 Å². The first-order chi connectivity index (χ1) is 8.24. The molecule has 0 bridgehead atoms. The summed E-state index contributed by atoms with van der Waals surface area (Å²) in [5.74, 6) is 1.09. The van der Waals surface area contributed by atoms with Crippen LogP contribution in [-0.2, 0) is 0 Å². The molecule has 0 saturated carbocycles. The van der Waals surface area contributed by atoms with Gasteiger partial charge in [-0.3, -0.25) is 4.98 Å². The van der Waals surface area contributed by atoms with E-state index < -0.39 is 0 Å². The molecule has 17 heavy (non-hydrogen) atoms. The third-order valence-electron chi connectivity index (χ3n) is 2.14. The van der Waals surface area contributed by atoms with Gasteiger partial charge in [-0.1, -0.05) is 13.8 Å². The first kappa shape index (κ1) is 11.3. The summed E-state index contributed by atoms with van der Waals surface area (Å²) in [5, 5.41) is 4.19. The molecule has 0 saturated heterocycles. The molecule has 0 amide bonds. The van der Waals surface area contributed by atoms with Crippen molar-refractivity contribution in [2.24, 2.45) is 0 Å². The summed E-state index contributed by atoms with van der Waals surface area (Å²) in [7, 11) is 0. The lowest BCUT2D eigenvalue weighted by molar-refractivity contribution is 0.932. The Morgan fingerprint density at radius 2 is 2.00 bits per heavy atom. The van der Waals surface area contributed by atoms with Gasteiger partial charge in [-0.05, 0) is 13.0 Å². The number of aromatic nitrogens is 5. The lowest BCUT2D eigenvalue weighted by Gasteiger charge is -1.98. The minimum Gasteiger partial charge on any atom is -0.382 e. The maximum Gasteiger partial charge on any atom is 0.183 e. The molecule has 0 atom stereocenters. The van der Waals surface area contributed by atoms with E-state index >= 15 is 0 Å². The molecule has 0 unspecified atom stereocenters. The molecule has 3 aromatic rings. The zero-order chi connectivity index (χ0) is 12.4. The highest BCUT2D eigenvalue weighted by molar-refractivity contribution is 5.87. The van der Waals surface area contributed by atoms with Gasteiger partial charge in [-0.2, -0.15) is 5.10 Å². The summed E-state index contributed by atoms with van der Waals surface area (Å²) in [6.45, 7) is 5.83. The Kier molecular flexibility index (Phi) is 2.86. The quantitative estimate of drug-likeness (QED) is 0.634. The summed E-state index contributed by atoms with van der Waals surface area (Å²) < 4.78 is 1.67. The van der Waals surface area contributed by atoms with Crippen molar-refractivity contribution < 1.29 is 0 Å². The van der Waals surface area contributed by atoms with Crippen LogP contribution in [-0.4, -0.2) is 24.6 Å². The standard InChI is InChI=1S/C9H8N6.C2H6/c1-5-12-9-8-6(2-3-15(9)14-5)11-4-7(10)13-8;1-2/h2-4H,1H3,(H2,10,13);1-2H3. The van der Waals surface area contributed by atoms with Gasteiger partial charge < -0.3 is 5.73 Å². The average Bonchev–Trinajstić information content (AvgIpc) is 2.72. The maximum absolute atomic E-state index is 5.59. The number of aryl methyl sites for hydroxylation is 1. The predicted molar refractivity (Wildman–Crippen MR) is 66.6 cm³/mol. The minimum absolute atomic E-state index is 0.385. The summed E-state index contributed by atoms with van der Waals surface area (Å²) in [4.78, 5) is 12.7. The highest BCUT2D eigenvalue weighted by Gasteiger charge is 2.06. The molecule has 88 valence electrons. The number of anilines is 1. The van der Waals surface area contributed by atoms with Gasteiger partial charge in [0.25, 0.3) is 0 Å². The van der Waals surface area contributed by atoms with E-state index in [4.69, 9.17) is 5.73 Å². The van der Waals surface area contributed by atoms with Crippen molar-refractivity contribution in [2.75, 3.05) is 5.73 Å². The molecule has 0 spiro atoms. The van der Waals surface area contributed by atoms with E-state index in [2.05, 4.69) is 20.1 Å². The van der Waals surface area contributed by atoms with E-state index in [0.717, 1.165) is 5.52 Å². The van der Waals surface area contributed by atoms with Crippen LogP contribution in [0.3, 0.4) is 0 Å². The summed E-state index contributed by atoms with van der Waals surface area (Å²) in [6, 6.07) is 1.84. The van der Waals surface area contributed by atoms with Crippen molar-refractivity contribution in [1.82, 2.24) is 24.6 Å². The van der Waals surface area contributed by atoms with Gasteiger partial charge in [0, 0.05) is 6.20 Å². The molecular weight excluding hydrogens is 216 g/mol. The second-order valence-electron chi connectivity index (χ2n) is 3.27. The van der Waals surface area contributed by atoms with E-state index in [1.165, 1.54) is 6.20 Å². The number of rotatable bonds is 0. The van der Waals surface area contributed by atoms with Gasteiger partial charge in [0.2, 0.25) is 0 Å². The number of nitrogens with zero attached hydrogens (tertiary/aromatic N) is 5. The Balaban J connectivity index is 0.000000514. The highest BCUT2D eigenvalue weighted by Crippen LogP contribution is 2.15. The van der Waals surface area contributed by atoms with Crippen molar-refractivity contribution >= 4 is 22.5 Å². The van der Waals surface area contributed by atoms with E-state index in [0.29, 0.717) is 22.8 Å². The Bertz CT molecular complexity index is 657. The molecule has 6 nitrogen and oxygen atoms in total. The Labute approximate surface area is 98.5 Å². The molecule has 0 aliphatic heterocycles. The molecule has 6 heteroatoms. The van der Waals surface area contributed by atoms with Crippen LogP contribution < -0.4 is 5.73 Å². The fourth-order valence-electron chi connectivity index (χ4n) is 1.54. The first-order valence-corrected chi connectivity index (χ1v) is 5.48. The zero-order valence-electron chi connectivity index (χ0n) is 10.0. The first-order valence-electron chi connectivity index (χ1n) is 5.48. The van der Waals surface area contributed by atoms with Gasteiger partial charge in [0.05, 0.1) is 11.7 Å². The molecule has 2 N–H and O–H groups in total. The van der Waals surface area contributed by atoms with E-state index in [-0.39, 0.29) is 0 Å². The Hall–Kier alpha value is -2.24. The second-order valence-corrected chi connectivity index (χ2v) is 3.27. The van der Waals surface area contributed by atoms with Crippen LogP contribution in [0.5, 0.6) is 0 Å². The molecule has 0 aliphatic rings. The third-order valence-corrected chi connectivity index (χ3v) is 2.14. The van der Waals surface area contributed by atoms with Crippen LogP contribution >= 0.6 is 0 Å². The lowest BCUT2D eigenvalue weighted by atomic mass is 10.4. The SMILES string of the molecule is CC.Cc1nc2c3nc(N)cnc3ccn2n1. The summed E-state index contributed by atoms with van der Waals surface area (Å²) in [6.07, 6.45) is 3.34. The average molecular weight is 230 g/mol. The number of fused-ring (bicyclic) bond motifs is 3. The van der Waals surface area contributed by atoms with Crippen LogP contribution in [0.1, 0.15) is 19.7 Å². The van der Waals surface area contributed by atoms with E-state index in [1.54, 1.807) is 4.52 Å². The molecule has 0 aliphatic carbocycles. The molecule has 0 radical (unpaired) electrons. The van der Waals surface area contributed by atoms with Crippen LogP contribution in [0.4, 0.5) is 5.82 Å². The van der Waals surface area contributed by atoms with Crippen molar-refractivity contribution in [1.29, 1.82) is 0 Å². The summed E-state index contributed by atoms with van der Waals surface area (Å²) >= 11 is 0. The van der Waals surface area contributed by atoms with E-state index in [9.17, 15) is 0 Å². The normalized spacial score (nSPS) is 10.3. The van der Waals surface area contributed by atoms with Gasteiger partial charge in [0.15, 0.2) is 5.65 Å². The minimum atomic E-state index is 0.385. The smallest absolute Gasteiger partial charge is 0.183 e. The fourth-order valence-corrected chi connectivity index (χ4v) is 1.54. The molecule has 3 rings (SSSR count). The molecule has 0 aromatic carbocycles. The Morgan fingerprint density at radius 3 is 2.76 bits per heavy atom. The highest BCUT2D eigenvalue weighted by atomic mass is 15.3. The fraction of sp³-hybridized carbons (Fsp3) is 0.273. The van der Waals surface area contributed by atoms with Crippen LogP contribution in [0, 0.1) is 6.92 Å². The summed E-state index contributed by atoms with van der Waals surface area (Å²) in [5.41, 5.74) is 7.72. The number of nitrogen functional groups attached to an aromatic ring is 1. The second kappa shape index (κ2) is 4.32. The van der Waals surface area contributed by atoms with E-state index in [1.807, 2.05) is 33.0 Å². The molecular formula is C11H14N6. The lowest BCUT2D eigenvalue weighted by Crippen LogP contribution is -1.95.